The highest BCUT2D eigenvalue weighted by atomic mass is 16.7. The number of rotatable bonds is 11. The molecule has 10 nitrogen and oxygen atoms in total. The number of hydrogen-bond acceptors (Lipinski definition) is 6. The van der Waals surface area contributed by atoms with Crippen LogP contribution in [0.2, 0.25) is 0 Å². The predicted octanol–water partition coefficient (Wildman–Crippen LogP) is -0.485. The first-order chi connectivity index (χ1) is 10.3. The van der Waals surface area contributed by atoms with E-state index in [1.165, 1.54) is 6.92 Å². The highest BCUT2D eigenvalue weighted by Gasteiger charge is 2.11. The number of hydrazine groups is 1. The molecule has 1 amide bonds. The topological polar surface area (TPSA) is 154 Å². The molecule has 1 unspecified atom stereocenters. The maximum Gasteiger partial charge on any atom is 0.251 e. The summed E-state index contributed by atoms with van der Waals surface area (Å²) >= 11 is 0. The number of aldehydes is 1. The van der Waals surface area contributed by atoms with Crippen molar-refractivity contribution >= 4 is 23.9 Å². The fourth-order valence-electron chi connectivity index (χ4n) is 1.62. The second-order valence-corrected chi connectivity index (χ2v) is 4.68. The van der Waals surface area contributed by atoms with Crippen molar-refractivity contribution in [3.8, 4) is 0 Å². The summed E-state index contributed by atoms with van der Waals surface area (Å²) in [5, 5.41) is 21.3. The van der Waals surface area contributed by atoms with Gasteiger partial charge in [-0.2, -0.15) is 0 Å². The minimum absolute atomic E-state index is 0.0107. The molecule has 0 spiro atoms. The number of carbonyl (C=O) groups is 3. The van der Waals surface area contributed by atoms with Gasteiger partial charge in [-0.25, -0.2) is 10.1 Å². The predicted molar refractivity (Wildman–Crippen MR) is 77.6 cm³/mol. The van der Waals surface area contributed by atoms with Crippen LogP contribution in [0.5, 0.6) is 0 Å². The molecule has 1 atom stereocenters. The van der Waals surface area contributed by atoms with Gasteiger partial charge in [0.05, 0.1) is 6.04 Å². The minimum atomic E-state index is -0.856. The molecule has 0 saturated heterocycles. The lowest BCUT2D eigenvalue weighted by atomic mass is 10.1. The Morgan fingerprint density at radius 2 is 2.00 bits per heavy atom. The van der Waals surface area contributed by atoms with E-state index >= 15 is 0 Å². The molecule has 10 heteroatoms. The van der Waals surface area contributed by atoms with Crippen molar-refractivity contribution in [3.63, 3.8) is 0 Å². The SMILES string of the molecule is CC(=O)CCCC(=O)NC(C=O)CCCNC(=N)N[N+](=O)[O-]. The van der Waals surface area contributed by atoms with Crippen LogP contribution in [0.25, 0.3) is 0 Å². The average Bonchev–Trinajstić information content (AvgIpc) is 2.40. The van der Waals surface area contributed by atoms with E-state index in [0.29, 0.717) is 32.0 Å². The molecule has 0 aliphatic carbocycles. The number of carbonyl (C=O) groups excluding carboxylic acids is 3. The van der Waals surface area contributed by atoms with Gasteiger partial charge in [0.1, 0.15) is 12.1 Å². The fourth-order valence-corrected chi connectivity index (χ4v) is 1.62. The number of nitro groups is 1. The number of nitrogens with one attached hydrogen (secondary N) is 4. The third-order valence-electron chi connectivity index (χ3n) is 2.64. The maximum atomic E-state index is 11.5. The van der Waals surface area contributed by atoms with Gasteiger partial charge < -0.3 is 20.2 Å². The Bertz CT molecular complexity index is 426. The normalized spacial score (nSPS) is 11.1. The summed E-state index contributed by atoms with van der Waals surface area (Å²) in [6.45, 7) is 1.70. The van der Waals surface area contributed by atoms with E-state index in [1.807, 2.05) is 0 Å². The second kappa shape index (κ2) is 11.2. The molecule has 22 heavy (non-hydrogen) atoms. The average molecular weight is 315 g/mol. The van der Waals surface area contributed by atoms with Crippen molar-refractivity contribution in [3.05, 3.63) is 10.1 Å². The zero-order valence-corrected chi connectivity index (χ0v) is 12.4. The molecule has 0 aromatic carbocycles. The van der Waals surface area contributed by atoms with Crippen LogP contribution in [0.15, 0.2) is 0 Å². The molecule has 0 radical (unpaired) electrons. The molecule has 4 N–H and O–H groups in total. The summed E-state index contributed by atoms with van der Waals surface area (Å²) in [4.78, 5) is 43.2. The van der Waals surface area contributed by atoms with Gasteiger partial charge in [0.25, 0.3) is 5.96 Å². The summed E-state index contributed by atoms with van der Waals surface area (Å²) in [6, 6.07) is -0.649. The Morgan fingerprint density at radius 1 is 1.32 bits per heavy atom. The number of amides is 1. The highest BCUT2D eigenvalue weighted by molar-refractivity contribution is 5.80. The molecule has 0 rings (SSSR count). The van der Waals surface area contributed by atoms with Crippen LogP contribution in [-0.4, -0.2) is 41.6 Å². The standard InChI is InChI=1S/C12H21N5O5/c1-9(19)4-2-6-11(20)15-10(8-18)5-3-7-14-12(13)16-17(21)22/h8,10H,2-7H2,1H3,(H,15,20)(H3,13,14,16). The van der Waals surface area contributed by atoms with Gasteiger partial charge in [0.15, 0.2) is 5.03 Å². The van der Waals surface area contributed by atoms with Gasteiger partial charge in [-0.05, 0) is 26.2 Å². The van der Waals surface area contributed by atoms with E-state index in [4.69, 9.17) is 5.41 Å². The molecule has 0 aliphatic rings. The molecule has 124 valence electrons. The van der Waals surface area contributed by atoms with Crippen LogP contribution in [-0.2, 0) is 14.4 Å². The van der Waals surface area contributed by atoms with Crippen LogP contribution in [0.3, 0.4) is 0 Å². The summed E-state index contributed by atoms with van der Waals surface area (Å²) in [6.07, 6.45) is 2.36. The largest absolute Gasteiger partial charge is 0.352 e. The molecule has 0 bridgehead atoms. The number of guanidine groups is 1. The number of ketones is 1. The van der Waals surface area contributed by atoms with Crippen LogP contribution in [0, 0.1) is 15.5 Å². The van der Waals surface area contributed by atoms with E-state index in [1.54, 1.807) is 5.43 Å². The third-order valence-corrected chi connectivity index (χ3v) is 2.64. The number of hydrogen-bond donors (Lipinski definition) is 4. The Hall–Kier alpha value is -2.52. The lowest BCUT2D eigenvalue weighted by molar-refractivity contribution is -0.525. The van der Waals surface area contributed by atoms with E-state index in [-0.39, 0.29) is 24.7 Å². The number of nitrogens with zero attached hydrogens (tertiary/aromatic N) is 1. The Labute approximate surface area is 127 Å². The first-order valence-electron chi connectivity index (χ1n) is 6.82. The maximum absolute atomic E-state index is 11.5. The van der Waals surface area contributed by atoms with E-state index in [2.05, 4.69) is 10.6 Å². The van der Waals surface area contributed by atoms with E-state index in [0.717, 1.165) is 0 Å². The lowest BCUT2D eigenvalue weighted by Crippen LogP contribution is -2.41. The van der Waals surface area contributed by atoms with Gasteiger partial charge in [-0.1, -0.05) is 5.43 Å². The minimum Gasteiger partial charge on any atom is -0.352 e. The van der Waals surface area contributed by atoms with Gasteiger partial charge >= 0.3 is 0 Å². The highest BCUT2D eigenvalue weighted by Crippen LogP contribution is 1.99. The quantitative estimate of drug-likeness (QED) is 0.100. The van der Waals surface area contributed by atoms with Crippen LogP contribution in [0.1, 0.15) is 39.0 Å². The first kappa shape index (κ1) is 19.5. The van der Waals surface area contributed by atoms with Gasteiger partial charge in [0, 0.05) is 19.4 Å². The second-order valence-electron chi connectivity index (χ2n) is 4.68. The third kappa shape index (κ3) is 11.3. The van der Waals surface area contributed by atoms with Gasteiger partial charge in [0.2, 0.25) is 5.91 Å². The van der Waals surface area contributed by atoms with E-state index < -0.39 is 17.0 Å². The van der Waals surface area contributed by atoms with Crippen molar-refractivity contribution in [2.45, 2.75) is 45.1 Å². The van der Waals surface area contributed by atoms with Crippen LogP contribution < -0.4 is 16.1 Å². The van der Waals surface area contributed by atoms with Crippen molar-refractivity contribution in [1.82, 2.24) is 16.1 Å². The molecule has 0 fully saturated rings. The molecular formula is C12H21N5O5. The Kier molecular flexibility index (Phi) is 9.89. The summed E-state index contributed by atoms with van der Waals surface area (Å²) in [5.41, 5.74) is 1.64. The summed E-state index contributed by atoms with van der Waals surface area (Å²) in [7, 11) is 0. The molecule has 0 saturated carbocycles. The Morgan fingerprint density at radius 3 is 2.55 bits per heavy atom. The van der Waals surface area contributed by atoms with Crippen molar-refractivity contribution in [1.29, 1.82) is 5.41 Å². The molecule has 0 heterocycles. The van der Waals surface area contributed by atoms with Crippen molar-refractivity contribution in [2.24, 2.45) is 0 Å². The molecule has 0 aromatic heterocycles. The zero-order valence-electron chi connectivity index (χ0n) is 12.4. The molecule has 0 aliphatic heterocycles. The number of Topliss-reactive ketones (excluding diaryl/α,β-unsaturated/α-hetero) is 1. The first-order valence-corrected chi connectivity index (χ1v) is 6.82. The molecular weight excluding hydrogens is 294 g/mol. The summed E-state index contributed by atoms with van der Waals surface area (Å²) in [5.74, 6) is -0.730. The smallest absolute Gasteiger partial charge is 0.251 e. The monoisotopic (exact) mass is 315 g/mol. The lowest BCUT2D eigenvalue weighted by Gasteiger charge is -2.13. The van der Waals surface area contributed by atoms with Crippen molar-refractivity contribution < 1.29 is 19.4 Å². The summed E-state index contributed by atoms with van der Waals surface area (Å²) < 4.78 is 0. The van der Waals surface area contributed by atoms with Gasteiger partial charge in [-0.3, -0.25) is 10.2 Å². The fraction of sp³-hybridized carbons (Fsp3) is 0.667. The zero-order chi connectivity index (χ0) is 17.0. The molecule has 0 aromatic rings. The Balaban J connectivity index is 3.85. The van der Waals surface area contributed by atoms with Crippen LogP contribution >= 0.6 is 0 Å². The van der Waals surface area contributed by atoms with Crippen molar-refractivity contribution in [2.75, 3.05) is 6.54 Å². The van der Waals surface area contributed by atoms with E-state index in [9.17, 15) is 24.5 Å². The van der Waals surface area contributed by atoms with Gasteiger partial charge in [-0.15, -0.1) is 0 Å². The van der Waals surface area contributed by atoms with Crippen LogP contribution in [0.4, 0.5) is 0 Å².